The van der Waals surface area contributed by atoms with Gasteiger partial charge in [0.2, 0.25) is 0 Å². The van der Waals surface area contributed by atoms with E-state index in [4.69, 9.17) is 4.74 Å². The summed E-state index contributed by atoms with van der Waals surface area (Å²) in [6.07, 6.45) is -3.35. The number of rotatable bonds is 5. The van der Waals surface area contributed by atoms with Crippen molar-refractivity contribution in [2.75, 3.05) is 6.61 Å². The van der Waals surface area contributed by atoms with Gasteiger partial charge in [-0.15, -0.1) is 0 Å². The minimum atomic E-state index is -1.47. The summed E-state index contributed by atoms with van der Waals surface area (Å²) in [6, 6.07) is 13.6. The third-order valence-corrected chi connectivity index (χ3v) is 4.67. The molecule has 6 nitrogen and oxygen atoms in total. The summed E-state index contributed by atoms with van der Waals surface area (Å²) < 4.78 is 5.36. The van der Waals surface area contributed by atoms with E-state index in [9.17, 15) is 25.2 Å². The van der Waals surface area contributed by atoms with E-state index in [0.717, 1.165) is 16.3 Å². The predicted octanol–water partition coefficient (Wildman–Crippen LogP) is 0.655. The highest BCUT2D eigenvalue weighted by molar-refractivity contribution is 5.97. The van der Waals surface area contributed by atoms with Crippen LogP contribution in [0.1, 0.15) is 12.0 Å². The molecule has 1 saturated heterocycles. The lowest BCUT2D eigenvalue weighted by Crippen LogP contribution is -2.58. The number of aliphatic hydroxyl groups is 4. The number of benzene rings is 2. The van der Waals surface area contributed by atoms with Crippen LogP contribution in [0.5, 0.6) is 0 Å². The van der Waals surface area contributed by atoms with Gasteiger partial charge in [-0.05, 0) is 22.4 Å². The first kappa shape index (κ1) is 18.7. The van der Waals surface area contributed by atoms with Gasteiger partial charge < -0.3 is 25.2 Å². The van der Waals surface area contributed by atoms with Crippen molar-refractivity contribution in [2.24, 2.45) is 0 Å². The quantitative estimate of drug-likeness (QED) is 0.585. The molecule has 6 heteroatoms. The van der Waals surface area contributed by atoms with Crippen molar-refractivity contribution < 1.29 is 30.0 Å². The molecule has 0 radical (unpaired) electrons. The summed E-state index contributed by atoms with van der Waals surface area (Å²) in [5, 5.41) is 40.8. The Morgan fingerprint density at radius 1 is 0.962 bits per heavy atom. The Balaban J connectivity index is 1.71. The average Bonchev–Trinajstić information content (AvgIpc) is 2.66. The highest BCUT2D eigenvalue weighted by Gasteiger charge is 2.43. The normalized spacial score (nSPS) is 29.3. The lowest BCUT2D eigenvalue weighted by Gasteiger charge is -2.39. The van der Waals surface area contributed by atoms with Crippen molar-refractivity contribution in [3.63, 3.8) is 0 Å². The zero-order chi connectivity index (χ0) is 18.7. The molecule has 4 N–H and O–H groups in total. The second-order valence-corrected chi connectivity index (χ2v) is 6.44. The van der Waals surface area contributed by atoms with Crippen LogP contribution >= 0.6 is 0 Å². The number of ketones is 1. The molecular weight excluding hydrogens is 336 g/mol. The molecule has 2 aromatic rings. The molecule has 0 aromatic heterocycles. The number of hydrogen-bond donors (Lipinski definition) is 4. The molecule has 138 valence electrons. The molecule has 0 bridgehead atoms. The van der Waals surface area contributed by atoms with Crippen molar-refractivity contribution in [1.82, 2.24) is 0 Å². The van der Waals surface area contributed by atoms with Gasteiger partial charge in [0.25, 0.3) is 0 Å². The van der Waals surface area contributed by atoms with Gasteiger partial charge in [-0.1, -0.05) is 48.5 Å². The summed E-state index contributed by atoms with van der Waals surface area (Å²) in [4.78, 5) is 12.3. The monoisotopic (exact) mass is 358 g/mol. The smallest absolute Gasteiger partial charge is 0.158 e. The number of carbonyl (C=O) groups excluding carboxylic acids is 1. The van der Waals surface area contributed by atoms with E-state index in [1.165, 1.54) is 6.08 Å². The number of fused-ring (bicyclic) bond motifs is 1. The number of allylic oxidation sites excluding steroid dienone is 1. The van der Waals surface area contributed by atoms with Gasteiger partial charge in [-0.25, -0.2) is 0 Å². The molecule has 2 aromatic carbocycles. The SMILES string of the molecule is O=C(/C=C/c1cccc2ccccc12)C[C@@H]1O[C@H](CO)[C@@H](O)[C@H](O)[C@H]1O. The minimum absolute atomic E-state index is 0.164. The molecular formula is C20H22O6. The van der Waals surface area contributed by atoms with Crippen molar-refractivity contribution in [1.29, 1.82) is 0 Å². The van der Waals surface area contributed by atoms with E-state index in [1.54, 1.807) is 6.08 Å². The maximum Gasteiger partial charge on any atom is 0.158 e. The highest BCUT2D eigenvalue weighted by atomic mass is 16.5. The third kappa shape index (κ3) is 3.85. The molecule has 1 heterocycles. The Hall–Kier alpha value is -2.09. The molecule has 1 fully saturated rings. The minimum Gasteiger partial charge on any atom is -0.394 e. The van der Waals surface area contributed by atoms with E-state index in [0.29, 0.717) is 0 Å². The Kier molecular flexibility index (Phi) is 5.80. The number of ether oxygens (including phenoxy) is 1. The van der Waals surface area contributed by atoms with Crippen LogP contribution in [-0.4, -0.2) is 63.3 Å². The number of aliphatic hydroxyl groups excluding tert-OH is 4. The molecule has 26 heavy (non-hydrogen) atoms. The number of carbonyl (C=O) groups is 1. The largest absolute Gasteiger partial charge is 0.394 e. The zero-order valence-electron chi connectivity index (χ0n) is 14.1. The summed E-state index contributed by atoms with van der Waals surface area (Å²) in [6.45, 7) is -0.512. The van der Waals surface area contributed by atoms with Gasteiger partial charge in [0.1, 0.15) is 24.4 Å². The zero-order valence-corrected chi connectivity index (χ0v) is 14.1. The molecule has 0 saturated carbocycles. The topological polar surface area (TPSA) is 107 Å². The van der Waals surface area contributed by atoms with E-state index >= 15 is 0 Å². The molecule has 1 aliphatic rings. The lowest BCUT2D eigenvalue weighted by atomic mass is 9.92. The van der Waals surface area contributed by atoms with Crippen molar-refractivity contribution in [3.05, 3.63) is 54.1 Å². The Morgan fingerprint density at radius 3 is 2.42 bits per heavy atom. The Labute approximate surface area is 151 Å². The van der Waals surface area contributed by atoms with Crippen molar-refractivity contribution in [2.45, 2.75) is 36.9 Å². The standard InChI is InChI=1S/C20H22O6/c21-11-17-19(24)20(25)18(23)16(26-17)10-14(22)9-8-13-6-3-5-12-4-1-2-7-15(12)13/h1-9,16-21,23-25H,10-11H2/b9-8+/t16-,17+,18-,19+,20+/m0/s1. The van der Waals surface area contributed by atoms with Crippen LogP contribution in [0, 0.1) is 0 Å². The molecule has 0 unspecified atom stereocenters. The van der Waals surface area contributed by atoms with E-state index in [-0.39, 0.29) is 12.2 Å². The summed E-state index contributed by atoms with van der Waals surface area (Å²) in [5.74, 6) is -0.290. The second-order valence-electron chi connectivity index (χ2n) is 6.44. The van der Waals surface area contributed by atoms with Crippen LogP contribution < -0.4 is 0 Å². The van der Waals surface area contributed by atoms with Gasteiger partial charge in [-0.2, -0.15) is 0 Å². The van der Waals surface area contributed by atoms with Crippen molar-refractivity contribution in [3.8, 4) is 0 Å². The fraction of sp³-hybridized carbons (Fsp3) is 0.350. The molecule has 0 aliphatic carbocycles. The van der Waals surface area contributed by atoms with Crippen molar-refractivity contribution >= 4 is 22.6 Å². The molecule has 5 atom stereocenters. The van der Waals surface area contributed by atoms with Gasteiger partial charge >= 0.3 is 0 Å². The van der Waals surface area contributed by atoms with Gasteiger partial charge in [0.05, 0.1) is 12.7 Å². The fourth-order valence-electron chi connectivity index (χ4n) is 3.19. The fourth-order valence-corrected chi connectivity index (χ4v) is 3.19. The van der Waals surface area contributed by atoms with Crippen LogP contribution in [0.3, 0.4) is 0 Å². The van der Waals surface area contributed by atoms with Gasteiger partial charge in [0, 0.05) is 6.42 Å². The second kappa shape index (κ2) is 8.07. The van der Waals surface area contributed by atoms with E-state index < -0.39 is 37.1 Å². The Morgan fingerprint density at radius 2 is 1.65 bits per heavy atom. The molecule has 3 rings (SSSR count). The van der Waals surface area contributed by atoms with Gasteiger partial charge in [0.15, 0.2) is 5.78 Å². The van der Waals surface area contributed by atoms with E-state index in [2.05, 4.69) is 0 Å². The summed E-state index contributed by atoms with van der Waals surface area (Å²) in [7, 11) is 0. The third-order valence-electron chi connectivity index (χ3n) is 4.67. The summed E-state index contributed by atoms with van der Waals surface area (Å²) in [5.41, 5.74) is 0.894. The lowest BCUT2D eigenvalue weighted by molar-refractivity contribution is -0.229. The van der Waals surface area contributed by atoms with Crippen LogP contribution in [0.15, 0.2) is 48.5 Å². The molecule has 1 aliphatic heterocycles. The first-order chi connectivity index (χ1) is 12.5. The maximum atomic E-state index is 12.3. The number of hydrogen-bond acceptors (Lipinski definition) is 6. The maximum absolute atomic E-state index is 12.3. The van der Waals surface area contributed by atoms with Crippen LogP contribution in [0.2, 0.25) is 0 Å². The molecule has 0 amide bonds. The average molecular weight is 358 g/mol. The van der Waals surface area contributed by atoms with Crippen LogP contribution in [0.25, 0.3) is 16.8 Å². The van der Waals surface area contributed by atoms with Gasteiger partial charge in [-0.3, -0.25) is 4.79 Å². The predicted molar refractivity (Wildman–Crippen MR) is 96.4 cm³/mol. The first-order valence-electron chi connectivity index (χ1n) is 8.50. The highest BCUT2D eigenvalue weighted by Crippen LogP contribution is 2.24. The Bertz CT molecular complexity index is 794. The van der Waals surface area contributed by atoms with E-state index in [1.807, 2.05) is 42.5 Å². The van der Waals surface area contributed by atoms with Crippen LogP contribution in [0.4, 0.5) is 0 Å². The molecule has 0 spiro atoms. The summed E-state index contributed by atoms with van der Waals surface area (Å²) >= 11 is 0. The van der Waals surface area contributed by atoms with Crippen LogP contribution in [-0.2, 0) is 9.53 Å². The first-order valence-corrected chi connectivity index (χ1v) is 8.50.